The predicted octanol–water partition coefficient (Wildman–Crippen LogP) is 2.52. The minimum absolute atomic E-state index is 0.157. The molecule has 1 aromatic rings. The highest BCUT2D eigenvalue weighted by Gasteiger charge is 2.13. The number of nitrogens with one attached hydrogen (secondary N) is 1. The number of ether oxygens (including phenoxy) is 1. The fourth-order valence-electron chi connectivity index (χ4n) is 1.95. The zero-order chi connectivity index (χ0) is 12.8. The maximum atomic E-state index is 11.2. The molecular formula is C14H21NO2. The van der Waals surface area contributed by atoms with Crippen LogP contribution in [-0.4, -0.2) is 20.1 Å². The zero-order valence-electron chi connectivity index (χ0n) is 11.0. The summed E-state index contributed by atoms with van der Waals surface area (Å²) in [6.07, 6.45) is 1.20. The van der Waals surface area contributed by atoms with Gasteiger partial charge in [0.25, 0.3) is 0 Å². The van der Waals surface area contributed by atoms with Crippen molar-refractivity contribution in [3.8, 4) is 0 Å². The number of hydrogen-bond acceptors (Lipinski definition) is 3. The number of esters is 1. The van der Waals surface area contributed by atoms with Gasteiger partial charge in [0, 0.05) is 12.5 Å². The van der Waals surface area contributed by atoms with Crippen molar-refractivity contribution in [1.29, 1.82) is 0 Å². The monoisotopic (exact) mass is 235 g/mol. The van der Waals surface area contributed by atoms with Crippen molar-refractivity contribution in [2.45, 2.75) is 32.7 Å². The van der Waals surface area contributed by atoms with Gasteiger partial charge in [0.15, 0.2) is 0 Å². The molecule has 0 heterocycles. The summed E-state index contributed by atoms with van der Waals surface area (Å²) in [5.74, 6) is -0.157. The third-order valence-electron chi connectivity index (χ3n) is 3.02. The van der Waals surface area contributed by atoms with Gasteiger partial charge in [-0.05, 0) is 38.4 Å². The van der Waals surface area contributed by atoms with Crippen LogP contribution >= 0.6 is 0 Å². The van der Waals surface area contributed by atoms with E-state index in [-0.39, 0.29) is 12.0 Å². The first kappa shape index (κ1) is 13.7. The van der Waals surface area contributed by atoms with Crippen molar-refractivity contribution in [2.75, 3.05) is 14.2 Å². The Kier molecular flexibility index (Phi) is 5.16. The smallest absolute Gasteiger partial charge is 0.305 e. The zero-order valence-corrected chi connectivity index (χ0v) is 11.0. The lowest BCUT2D eigenvalue weighted by atomic mass is 9.96. The summed E-state index contributed by atoms with van der Waals surface area (Å²) >= 11 is 0. The van der Waals surface area contributed by atoms with E-state index in [1.165, 1.54) is 23.8 Å². The highest BCUT2D eigenvalue weighted by molar-refractivity contribution is 5.69. The molecule has 0 saturated carbocycles. The second-order valence-electron chi connectivity index (χ2n) is 4.32. The Hall–Kier alpha value is -1.35. The van der Waals surface area contributed by atoms with Crippen LogP contribution in [0.3, 0.4) is 0 Å². The van der Waals surface area contributed by atoms with Crippen molar-refractivity contribution in [3.63, 3.8) is 0 Å². The first-order chi connectivity index (χ1) is 8.08. The van der Waals surface area contributed by atoms with E-state index in [0.29, 0.717) is 6.42 Å². The number of rotatable bonds is 5. The Morgan fingerprint density at radius 2 is 2.12 bits per heavy atom. The van der Waals surface area contributed by atoms with Gasteiger partial charge in [-0.3, -0.25) is 4.79 Å². The van der Waals surface area contributed by atoms with Gasteiger partial charge in [0.2, 0.25) is 0 Å². The molecule has 0 amide bonds. The Morgan fingerprint density at radius 1 is 1.41 bits per heavy atom. The van der Waals surface area contributed by atoms with Crippen LogP contribution in [0.1, 0.15) is 35.6 Å². The van der Waals surface area contributed by atoms with Gasteiger partial charge in [-0.25, -0.2) is 0 Å². The van der Waals surface area contributed by atoms with Crippen LogP contribution in [0.25, 0.3) is 0 Å². The molecular weight excluding hydrogens is 214 g/mol. The van der Waals surface area contributed by atoms with Crippen molar-refractivity contribution in [1.82, 2.24) is 5.32 Å². The molecule has 0 fully saturated rings. The minimum atomic E-state index is -0.157. The normalized spacial score (nSPS) is 12.2. The van der Waals surface area contributed by atoms with E-state index >= 15 is 0 Å². The maximum Gasteiger partial charge on any atom is 0.305 e. The average molecular weight is 235 g/mol. The van der Waals surface area contributed by atoms with Crippen LogP contribution in [0, 0.1) is 13.8 Å². The van der Waals surface area contributed by atoms with E-state index in [4.69, 9.17) is 0 Å². The molecule has 1 unspecified atom stereocenters. The first-order valence-corrected chi connectivity index (χ1v) is 5.89. The fraction of sp³-hybridized carbons (Fsp3) is 0.500. The Labute approximate surface area is 103 Å². The van der Waals surface area contributed by atoms with E-state index in [9.17, 15) is 4.79 Å². The molecule has 0 aliphatic heterocycles. The van der Waals surface area contributed by atoms with Crippen LogP contribution in [0.2, 0.25) is 0 Å². The van der Waals surface area contributed by atoms with Crippen molar-refractivity contribution in [3.05, 3.63) is 34.9 Å². The van der Waals surface area contributed by atoms with Gasteiger partial charge in [0.05, 0.1) is 7.11 Å². The summed E-state index contributed by atoms with van der Waals surface area (Å²) in [4.78, 5) is 11.2. The summed E-state index contributed by atoms with van der Waals surface area (Å²) in [7, 11) is 3.35. The molecule has 1 aromatic carbocycles. The molecule has 1 N–H and O–H groups in total. The molecule has 1 atom stereocenters. The standard InChI is InChI=1S/C14H21NO2/c1-10-5-6-11(2)12(9-10)13(15-3)7-8-14(16)17-4/h5-6,9,13,15H,7-8H2,1-4H3. The molecule has 94 valence electrons. The van der Waals surface area contributed by atoms with Gasteiger partial charge in [-0.2, -0.15) is 0 Å². The van der Waals surface area contributed by atoms with Crippen molar-refractivity contribution in [2.24, 2.45) is 0 Å². The van der Waals surface area contributed by atoms with E-state index in [1.54, 1.807) is 0 Å². The maximum absolute atomic E-state index is 11.2. The molecule has 0 spiro atoms. The quantitative estimate of drug-likeness (QED) is 0.797. The SMILES string of the molecule is CNC(CCC(=O)OC)c1cc(C)ccc1C. The van der Waals surface area contributed by atoms with E-state index in [2.05, 4.69) is 42.1 Å². The molecule has 0 aromatic heterocycles. The number of methoxy groups -OCH3 is 1. The van der Waals surface area contributed by atoms with Crippen molar-refractivity contribution < 1.29 is 9.53 Å². The molecule has 0 bridgehead atoms. The third-order valence-corrected chi connectivity index (χ3v) is 3.02. The number of carbonyl (C=O) groups excluding carboxylic acids is 1. The molecule has 3 heteroatoms. The van der Waals surface area contributed by atoms with Crippen LogP contribution in [-0.2, 0) is 9.53 Å². The second-order valence-corrected chi connectivity index (χ2v) is 4.32. The predicted molar refractivity (Wildman–Crippen MR) is 69.0 cm³/mol. The number of benzene rings is 1. The molecule has 0 radical (unpaired) electrons. The summed E-state index contributed by atoms with van der Waals surface area (Å²) in [5.41, 5.74) is 3.75. The lowest BCUT2D eigenvalue weighted by Crippen LogP contribution is -2.19. The fourth-order valence-corrected chi connectivity index (χ4v) is 1.95. The Bertz CT molecular complexity index is 388. The lowest BCUT2D eigenvalue weighted by Gasteiger charge is -2.19. The van der Waals surface area contributed by atoms with Gasteiger partial charge in [-0.1, -0.05) is 23.8 Å². The number of carbonyl (C=O) groups is 1. The lowest BCUT2D eigenvalue weighted by molar-refractivity contribution is -0.140. The van der Waals surface area contributed by atoms with Gasteiger partial charge in [0.1, 0.15) is 0 Å². The molecule has 0 aliphatic rings. The van der Waals surface area contributed by atoms with Crippen LogP contribution in [0.15, 0.2) is 18.2 Å². The third kappa shape index (κ3) is 3.86. The molecule has 0 aliphatic carbocycles. The van der Waals surface area contributed by atoms with Gasteiger partial charge < -0.3 is 10.1 Å². The van der Waals surface area contributed by atoms with E-state index in [1.807, 2.05) is 7.05 Å². The molecule has 3 nitrogen and oxygen atoms in total. The first-order valence-electron chi connectivity index (χ1n) is 5.89. The molecule has 1 rings (SSSR count). The molecule has 17 heavy (non-hydrogen) atoms. The average Bonchev–Trinajstić information content (AvgIpc) is 2.33. The summed E-state index contributed by atoms with van der Waals surface area (Å²) in [6, 6.07) is 6.60. The summed E-state index contributed by atoms with van der Waals surface area (Å²) < 4.78 is 4.67. The Morgan fingerprint density at radius 3 is 2.71 bits per heavy atom. The number of aryl methyl sites for hydroxylation is 2. The largest absolute Gasteiger partial charge is 0.469 e. The minimum Gasteiger partial charge on any atom is -0.469 e. The molecule has 0 saturated heterocycles. The van der Waals surface area contributed by atoms with Gasteiger partial charge in [-0.15, -0.1) is 0 Å². The van der Waals surface area contributed by atoms with Crippen LogP contribution in [0.4, 0.5) is 0 Å². The Balaban J connectivity index is 2.78. The van der Waals surface area contributed by atoms with Gasteiger partial charge >= 0.3 is 5.97 Å². The highest BCUT2D eigenvalue weighted by atomic mass is 16.5. The van der Waals surface area contributed by atoms with E-state index < -0.39 is 0 Å². The highest BCUT2D eigenvalue weighted by Crippen LogP contribution is 2.23. The van der Waals surface area contributed by atoms with Crippen LogP contribution < -0.4 is 5.32 Å². The second kappa shape index (κ2) is 6.40. The van der Waals surface area contributed by atoms with Crippen LogP contribution in [0.5, 0.6) is 0 Å². The van der Waals surface area contributed by atoms with E-state index in [0.717, 1.165) is 6.42 Å². The summed E-state index contributed by atoms with van der Waals surface area (Å²) in [6.45, 7) is 4.17. The summed E-state index contributed by atoms with van der Waals surface area (Å²) in [5, 5.41) is 3.26. The topological polar surface area (TPSA) is 38.3 Å². The van der Waals surface area contributed by atoms with Crippen molar-refractivity contribution >= 4 is 5.97 Å². The number of hydrogen-bond donors (Lipinski definition) is 1.